The van der Waals surface area contributed by atoms with Gasteiger partial charge in [0.05, 0.1) is 12.6 Å². The van der Waals surface area contributed by atoms with Crippen LogP contribution in [0, 0.1) is 0 Å². The number of rotatable bonds is 6. The molecule has 0 aliphatic carbocycles. The zero-order chi connectivity index (χ0) is 20.1. The molecule has 0 aliphatic rings. The van der Waals surface area contributed by atoms with Crippen LogP contribution in [0.1, 0.15) is 24.1 Å². The van der Waals surface area contributed by atoms with Crippen molar-refractivity contribution < 1.29 is 4.79 Å². The largest absolute Gasteiger partial charge is 0.348 e. The molecule has 6 nitrogen and oxygen atoms in total. The zero-order valence-corrected chi connectivity index (χ0v) is 16.1. The Labute approximate surface area is 167 Å². The molecule has 1 amide bonds. The lowest BCUT2D eigenvalue weighted by atomic mass is 10.1. The van der Waals surface area contributed by atoms with E-state index < -0.39 is 11.1 Å². The molecule has 28 heavy (non-hydrogen) atoms. The van der Waals surface area contributed by atoms with Gasteiger partial charge in [-0.3, -0.25) is 19.0 Å². The molecule has 3 rings (SSSR count). The van der Waals surface area contributed by atoms with Crippen molar-refractivity contribution in [3.8, 4) is 0 Å². The molecule has 1 atom stereocenters. The van der Waals surface area contributed by atoms with Crippen LogP contribution in [0.5, 0.6) is 0 Å². The van der Waals surface area contributed by atoms with Gasteiger partial charge >= 0.3 is 11.1 Å². The first kappa shape index (κ1) is 19.6. The van der Waals surface area contributed by atoms with Crippen LogP contribution in [0.25, 0.3) is 0 Å². The van der Waals surface area contributed by atoms with Gasteiger partial charge in [-0.15, -0.1) is 0 Å². The summed E-state index contributed by atoms with van der Waals surface area (Å²) in [5.41, 5.74) is 0.389. The van der Waals surface area contributed by atoms with Gasteiger partial charge in [-0.2, -0.15) is 0 Å². The number of aromatic nitrogens is 2. The molecule has 7 heteroatoms. The summed E-state index contributed by atoms with van der Waals surface area (Å²) in [5, 5.41) is 3.43. The highest BCUT2D eigenvalue weighted by molar-refractivity contribution is 6.30. The van der Waals surface area contributed by atoms with Crippen molar-refractivity contribution in [2.75, 3.05) is 0 Å². The van der Waals surface area contributed by atoms with Gasteiger partial charge < -0.3 is 9.88 Å². The van der Waals surface area contributed by atoms with Crippen molar-refractivity contribution >= 4 is 17.5 Å². The minimum atomic E-state index is -0.737. The van der Waals surface area contributed by atoms with Crippen LogP contribution in [0.4, 0.5) is 0 Å². The van der Waals surface area contributed by atoms with Gasteiger partial charge in [-0.25, -0.2) is 0 Å². The number of halogens is 1. The van der Waals surface area contributed by atoms with E-state index in [1.54, 1.807) is 24.3 Å². The van der Waals surface area contributed by atoms with Gasteiger partial charge in [0.15, 0.2) is 0 Å². The van der Waals surface area contributed by atoms with Crippen molar-refractivity contribution in [3.05, 3.63) is 104 Å². The normalized spacial score (nSPS) is 11.8. The Bertz CT molecular complexity index is 1070. The average molecular weight is 398 g/mol. The van der Waals surface area contributed by atoms with Crippen LogP contribution in [-0.4, -0.2) is 15.0 Å². The fourth-order valence-electron chi connectivity index (χ4n) is 2.84. The molecule has 1 aromatic heterocycles. The first-order chi connectivity index (χ1) is 13.4. The lowest BCUT2D eigenvalue weighted by Gasteiger charge is -2.15. The fraction of sp³-hybridized carbons (Fsp3) is 0.190. The highest BCUT2D eigenvalue weighted by Gasteiger charge is 2.12. The molecular formula is C21H20ClN3O3. The lowest BCUT2D eigenvalue weighted by molar-refractivity contribution is -0.122. The number of carbonyl (C=O) groups is 1. The highest BCUT2D eigenvalue weighted by atomic mass is 35.5. The SMILES string of the molecule is CC(NC(=O)Cn1ccn(Cc2ccc(Cl)cc2)c(=O)c1=O)c1ccccc1. The topological polar surface area (TPSA) is 73.1 Å². The third kappa shape index (κ3) is 4.78. The third-order valence-electron chi connectivity index (χ3n) is 4.39. The summed E-state index contributed by atoms with van der Waals surface area (Å²) in [6, 6.07) is 16.3. The predicted octanol–water partition coefficient (Wildman–Crippen LogP) is 2.59. The molecule has 0 saturated heterocycles. The van der Waals surface area contributed by atoms with Crippen molar-refractivity contribution in [2.45, 2.75) is 26.1 Å². The number of hydrogen-bond donors (Lipinski definition) is 1. The summed E-state index contributed by atoms with van der Waals surface area (Å²) in [4.78, 5) is 37.0. The molecule has 0 bridgehead atoms. The maximum absolute atomic E-state index is 12.4. The lowest BCUT2D eigenvalue weighted by Crippen LogP contribution is -2.43. The third-order valence-corrected chi connectivity index (χ3v) is 4.64. The van der Waals surface area contributed by atoms with E-state index in [2.05, 4.69) is 5.32 Å². The Morgan fingerprint density at radius 1 is 0.964 bits per heavy atom. The second-order valence-electron chi connectivity index (χ2n) is 6.49. The van der Waals surface area contributed by atoms with Gasteiger partial charge in [-0.1, -0.05) is 54.1 Å². The molecule has 1 unspecified atom stereocenters. The van der Waals surface area contributed by atoms with Crippen LogP contribution in [0.3, 0.4) is 0 Å². The van der Waals surface area contributed by atoms with E-state index in [0.717, 1.165) is 15.7 Å². The number of amides is 1. The molecule has 0 radical (unpaired) electrons. The summed E-state index contributed by atoms with van der Waals surface area (Å²) in [5.74, 6) is -0.340. The summed E-state index contributed by atoms with van der Waals surface area (Å²) < 4.78 is 2.43. The van der Waals surface area contributed by atoms with Gasteiger partial charge in [0, 0.05) is 17.4 Å². The summed E-state index contributed by atoms with van der Waals surface area (Å²) in [6.45, 7) is 1.90. The predicted molar refractivity (Wildman–Crippen MR) is 109 cm³/mol. The van der Waals surface area contributed by atoms with E-state index in [1.807, 2.05) is 37.3 Å². The van der Waals surface area contributed by atoms with E-state index in [-0.39, 0.29) is 25.0 Å². The van der Waals surface area contributed by atoms with Crippen molar-refractivity contribution in [1.29, 1.82) is 0 Å². The number of carbonyl (C=O) groups excluding carboxylic acids is 1. The van der Waals surface area contributed by atoms with E-state index in [0.29, 0.717) is 5.02 Å². The number of nitrogens with zero attached hydrogens (tertiary/aromatic N) is 2. The van der Waals surface area contributed by atoms with Gasteiger partial charge in [0.1, 0.15) is 6.54 Å². The molecule has 1 heterocycles. The van der Waals surface area contributed by atoms with Gasteiger partial charge in [-0.05, 0) is 30.2 Å². The molecule has 0 aliphatic heterocycles. The molecular weight excluding hydrogens is 378 g/mol. The number of hydrogen-bond acceptors (Lipinski definition) is 3. The second-order valence-corrected chi connectivity index (χ2v) is 6.93. The number of benzene rings is 2. The quantitative estimate of drug-likeness (QED) is 0.650. The Morgan fingerprint density at radius 2 is 1.57 bits per heavy atom. The van der Waals surface area contributed by atoms with Gasteiger partial charge in [0.25, 0.3) is 0 Å². The monoisotopic (exact) mass is 397 g/mol. The summed E-state index contributed by atoms with van der Waals surface area (Å²) in [7, 11) is 0. The standard InChI is InChI=1S/C21H20ClN3O3/c1-15(17-5-3-2-4-6-17)23-19(26)14-25-12-11-24(20(27)21(25)28)13-16-7-9-18(22)10-8-16/h2-12,15H,13-14H2,1H3,(H,23,26). The summed E-state index contributed by atoms with van der Waals surface area (Å²) >= 11 is 5.86. The summed E-state index contributed by atoms with van der Waals surface area (Å²) in [6.07, 6.45) is 2.96. The average Bonchev–Trinajstić information content (AvgIpc) is 2.70. The molecule has 3 aromatic rings. The highest BCUT2D eigenvalue weighted by Crippen LogP contribution is 2.11. The van der Waals surface area contributed by atoms with E-state index >= 15 is 0 Å². The van der Waals surface area contributed by atoms with Crippen LogP contribution >= 0.6 is 11.6 Å². The number of nitrogens with one attached hydrogen (secondary N) is 1. The second kappa shape index (κ2) is 8.71. The van der Waals surface area contributed by atoms with E-state index in [4.69, 9.17) is 11.6 Å². The zero-order valence-electron chi connectivity index (χ0n) is 15.3. The first-order valence-corrected chi connectivity index (χ1v) is 9.20. The minimum Gasteiger partial charge on any atom is -0.348 e. The van der Waals surface area contributed by atoms with Crippen molar-refractivity contribution in [3.63, 3.8) is 0 Å². The molecule has 0 fully saturated rings. The Morgan fingerprint density at radius 3 is 2.25 bits per heavy atom. The van der Waals surface area contributed by atoms with Crippen LogP contribution in [-0.2, 0) is 17.9 Å². The molecule has 0 spiro atoms. The fourth-order valence-corrected chi connectivity index (χ4v) is 2.97. The molecule has 144 valence electrons. The smallest absolute Gasteiger partial charge is 0.316 e. The Balaban J connectivity index is 1.70. The molecule has 2 aromatic carbocycles. The Hall–Kier alpha value is -3.12. The van der Waals surface area contributed by atoms with E-state index in [9.17, 15) is 14.4 Å². The van der Waals surface area contributed by atoms with Crippen LogP contribution in [0.15, 0.2) is 76.6 Å². The van der Waals surface area contributed by atoms with Crippen LogP contribution in [0.2, 0.25) is 5.02 Å². The van der Waals surface area contributed by atoms with Crippen LogP contribution < -0.4 is 16.4 Å². The maximum atomic E-state index is 12.4. The van der Waals surface area contributed by atoms with E-state index in [1.165, 1.54) is 17.0 Å². The van der Waals surface area contributed by atoms with Crippen molar-refractivity contribution in [2.24, 2.45) is 0 Å². The van der Waals surface area contributed by atoms with Gasteiger partial charge in [0.2, 0.25) is 5.91 Å². The van der Waals surface area contributed by atoms with Crippen molar-refractivity contribution in [1.82, 2.24) is 14.5 Å². The molecule has 1 N–H and O–H groups in total. The first-order valence-electron chi connectivity index (χ1n) is 8.82. The maximum Gasteiger partial charge on any atom is 0.316 e. The Kier molecular flexibility index (Phi) is 6.11. The minimum absolute atomic E-state index is 0.199. The molecule has 0 saturated carbocycles.